The number of anilines is 1. The molecule has 1 aromatic heterocycles. The van der Waals surface area contributed by atoms with E-state index in [1.165, 1.54) is 15.6 Å². The van der Waals surface area contributed by atoms with Crippen LogP contribution in [-0.4, -0.2) is 0 Å². The fraction of sp³-hybridized carbons (Fsp3) is 0.0667. The standard InChI is InChI=1S/C15H14N2S/c16-11-5-3-4-10(8-11)15(17)13-9-18-14-7-2-1-6-12(13)14/h1-9,15H,16-17H2. The molecule has 18 heavy (non-hydrogen) atoms. The van der Waals surface area contributed by atoms with E-state index < -0.39 is 0 Å². The number of benzene rings is 2. The molecule has 4 N–H and O–H groups in total. The lowest BCUT2D eigenvalue weighted by atomic mass is 9.99. The Labute approximate surface area is 110 Å². The molecule has 0 spiro atoms. The van der Waals surface area contributed by atoms with Gasteiger partial charge in [-0.05, 0) is 40.1 Å². The maximum absolute atomic E-state index is 6.35. The van der Waals surface area contributed by atoms with Crippen molar-refractivity contribution in [3.63, 3.8) is 0 Å². The Morgan fingerprint density at radius 3 is 2.67 bits per heavy atom. The van der Waals surface area contributed by atoms with Crippen LogP contribution in [0.25, 0.3) is 10.1 Å². The van der Waals surface area contributed by atoms with Gasteiger partial charge in [0.2, 0.25) is 0 Å². The van der Waals surface area contributed by atoms with E-state index in [9.17, 15) is 0 Å². The number of nitrogens with two attached hydrogens (primary N) is 2. The maximum atomic E-state index is 6.35. The zero-order valence-corrected chi connectivity index (χ0v) is 10.7. The van der Waals surface area contributed by atoms with E-state index in [1.54, 1.807) is 11.3 Å². The molecule has 0 fully saturated rings. The van der Waals surface area contributed by atoms with Crippen LogP contribution in [-0.2, 0) is 0 Å². The van der Waals surface area contributed by atoms with Crippen LogP contribution in [0.3, 0.4) is 0 Å². The summed E-state index contributed by atoms with van der Waals surface area (Å²) in [7, 11) is 0. The molecule has 0 aliphatic carbocycles. The van der Waals surface area contributed by atoms with E-state index in [-0.39, 0.29) is 6.04 Å². The van der Waals surface area contributed by atoms with Crippen molar-refractivity contribution < 1.29 is 0 Å². The molecule has 90 valence electrons. The van der Waals surface area contributed by atoms with Crippen molar-refractivity contribution in [1.82, 2.24) is 0 Å². The van der Waals surface area contributed by atoms with E-state index in [0.29, 0.717) is 0 Å². The first kappa shape index (κ1) is 11.3. The molecule has 0 amide bonds. The molecule has 0 saturated carbocycles. The van der Waals surface area contributed by atoms with Gasteiger partial charge in [0.1, 0.15) is 0 Å². The quantitative estimate of drug-likeness (QED) is 0.687. The zero-order chi connectivity index (χ0) is 12.5. The molecule has 0 bridgehead atoms. The second kappa shape index (κ2) is 4.44. The van der Waals surface area contributed by atoms with Crippen LogP contribution < -0.4 is 11.5 Å². The predicted octanol–water partition coefficient (Wildman–Crippen LogP) is 3.53. The van der Waals surface area contributed by atoms with Gasteiger partial charge in [-0.1, -0.05) is 30.3 Å². The summed E-state index contributed by atoms with van der Waals surface area (Å²) in [6.07, 6.45) is 0. The molecule has 1 heterocycles. The lowest BCUT2D eigenvalue weighted by molar-refractivity contribution is 0.885. The van der Waals surface area contributed by atoms with Gasteiger partial charge >= 0.3 is 0 Å². The highest BCUT2D eigenvalue weighted by molar-refractivity contribution is 7.17. The summed E-state index contributed by atoms with van der Waals surface area (Å²) in [5, 5.41) is 3.37. The average Bonchev–Trinajstić information content (AvgIpc) is 2.82. The topological polar surface area (TPSA) is 52.0 Å². The third kappa shape index (κ3) is 1.88. The second-order valence-corrected chi connectivity index (χ2v) is 5.25. The van der Waals surface area contributed by atoms with Crippen LogP contribution in [0.15, 0.2) is 53.9 Å². The van der Waals surface area contributed by atoms with Gasteiger partial charge in [-0.3, -0.25) is 0 Å². The molecule has 0 saturated heterocycles. The van der Waals surface area contributed by atoms with Gasteiger partial charge in [0.25, 0.3) is 0 Å². The van der Waals surface area contributed by atoms with Gasteiger partial charge in [-0.15, -0.1) is 11.3 Å². The maximum Gasteiger partial charge on any atom is 0.0566 e. The van der Waals surface area contributed by atoms with Crippen molar-refractivity contribution in [3.8, 4) is 0 Å². The molecule has 0 radical (unpaired) electrons. The highest BCUT2D eigenvalue weighted by atomic mass is 32.1. The molecular weight excluding hydrogens is 240 g/mol. The highest BCUT2D eigenvalue weighted by Gasteiger charge is 2.13. The Morgan fingerprint density at radius 2 is 1.83 bits per heavy atom. The molecule has 3 rings (SSSR count). The number of fused-ring (bicyclic) bond motifs is 1. The van der Waals surface area contributed by atoms with Gasteiger partial charge in [0.05, 0.1) is 6.04 Å². The van der Waals surface area contributed by atoms with Gasteiger partial charge < -0.3 is 11.5 Å². The molecule has 0 aliphatic heterocycles. The summed E-state index contributed by atoms with van der Waals surface area (Å²) in [4.78, 5) is 0. The Balaban J connectivity index is 2.09. The first-order chi connectivity index (χ1) is 8.75. The van der Waals surface area contributed by atoms with E-state index >= 15 is 0 Å². The Hall–Kier alpha value is -1.84. The summed E-state index contributed by atoms with van der Waals surface area (Å²) >= 11 is 1.73. The zero-order valence-electron chi connectivity index (χ0n) is 9.84. The van der Waals surface area contributed by atoms with Gasteiger partial charge in [-0.25, -0.2) is 0 Å². The van der Waals surface area contributed by atoms with E-state index in [2.05, 4.69) is 23.6 Å². The molecule has 3 aromatic rings. The first-order valence-corrected chi connectivity index (χ1v) is 6.71. The van der Waals surface area contributed by atoms with Crippen molar-refractivity contribution in [2.24, 2.45) is 5.73 Å². The summed E-state index contributed by atoms with van der Waals surface area (Å²) in [6, 6.07) is 16.0. The minimum absolute atomic E-state index is 0.121. The fourth-order valence-corrected chi connectivity index (χ4v) is 3.17. The molecule has 2 nitrogen and oxygen atoms in total. The lowest BCUT2D eigenvalue weighted by Gasteiger charge is -2.12. The van der Waals surface area contributed by atoms with Crippen LogP contribution >= 0.6 is 11.3 Å². The summed E-state index contributed by atoms with van der Waals surface area (Å²) in [5.74, 6) is 0. The predicted molar refractivity (Wildman–Crippen MR) is 78.7 cm³/mol. The van der Waals surface area contributed by atoms with Crippen LogP contribution in [0.2, 0.25) is 0 Å². The molecule has 1 atom stereocenters. The van der Waals surface area contributed by atoms with Gasteiger partial charge in [0.15, 0.2) is 0 Å². The Bertz CT molecular complexity index is 688. The SMILES string of the molecule is Nc1cccc(C(N)c2csc3ccccc23)c1. The summed E-state index contributed by atoms with van der Waals surface area (Å²) in [5.41, 5.74) is 15.1. The fourth-order valence-electron chi connectivity index (χ4n) is 2.17. The van der Waals surface area contributed by atoms with Crippen molar-refractivity contribution in [1.29, 1.82) is 0 Å². The molecule has 1 unspecified atom stereocenters. The normalized spacial score (nSPS) is 12.7. The van der Waals surface area contributed by atoms with E-state index in [4.69, 9.17) is 11.5 Å². The monoisotopic (exact) mass is 254 g/mol. The Morgan fingerprint density at radius 1 is 1.00 bits per heavy atom. The highest BCUT2D eigenvalue weighted by Crippen LogP contribution is 2.32. The lowest BCUT2D eigenvalue weighted by Crippen LogP contribution is -2.11. The van der Waals surface area contributed by atoms with E-state index in [1.807, 2.05) is 30.3 Å². The van der Waals surface area contributed by atoms with Crippen molar-refractivity contribution in [2.75, 3.05) is 5.73 Å². The van der Waals surface area contributed by atoms with Gasteiger partial charge in [-0.2, -0.15) is 0 Å². The average molecular weight is 254 g/mol. The largest absolute Gasteiger partial charge is 0.399 e. The minimum Gasteiger partial charge on any atom is -0.399 e. The second-order valence-electron chi connectivity index (χ2n) is 4.33. The first-order valence-electron chi connectivity index (χ1n) is 5.83. The summed E-state index contributed by atoms with van der Waals surface area (Å²) < 4.78 is 1.27. The van der Waals surface area contributed by atoms with E-state index in [0.717, 1.165) is 11.3 Å². The third-order valence-corrected chi connectivity index (χ3v) is 4.10. The summed E-state index contributed by atoms with van der Waals surface area (Å²) in [6.45, 7) is 0. The van der Waals surface area contributed by atoms with Crippen molar-refractivity contribution >= 4 is 27.1 Å². The molecule has 0 aliphatic rings. The molecular formula is C15H14N2S. The molecule has 3 heteroatoms. The number of hydrogen-bond donors (Lipinski definition) is 2. The number of hydrogen-bond acceptors (Lipinski definition) is 3. The van der Waals surface area contributed by atoms with Crippen LogP contribution in [0, 0.1) is 0 Å². The van der Waals surface area contributed by atoms with Crippen molar-refractivity contribution in [3.05, 3.63) is 65.0 Å². The third-order valence-electron chi connectivity index (χ3n) is 3.12. The molecule has 2 aromatic carbocycles. The minimum atomic E-state index is -0.121. The van der Waals surface area contributed by atoms with Crippen LogP contribution in [0.1, 0.15) is 17.2 Å². The van der Waals surface area contributed by atoms with Crippen LogP contribution in [0.5, 0.6) is 0 Å². The number of thiophene rings is 1. The van der Waals surface area contributed by atoms with Gasteiger partial charge in [0, 0.05) is 10.4 Å². The van der Waals surface area contributed by atoms with Crippen LogP contribution in [0.4, 0.5) is 5.69 Å². The number of nitrogen functional groups attached to an aromatic ring is 1. The Kier molecular flexibility index (Phi) is 2.78. The smallest absolute Gasteiger partial charge is 0.0566 e. The van der Waals surface area contributed by atoms with Crippen molar-refractivity contribution in [2.45, 2.75) is 6.04 Å². The number of rotatable bonds is 2.